The van der Waals surface area contributed by atoms with Crippen LogP contribution in [0.1, 0.15) is 31.2 Å². The van der Waals surface area contributed by atoms with Gasteiger partial charge in [-0.1, -0.05) is 18.6 Å². The normalized spacial score (nSPS) is 23.1. The van der Waals surface area contributed by atoms with Crippen molar-refractivity contribution in [3.8, 4) is 0 Å². The number of sulfonamides is 1. The Morgan fingerprint density at radius 1 is 1.24 bits per heavy atom. The highest BCUT2D eigenvalue weighted by atomic mass is 32.2. The number of rotatable bonds is 6. The predicted octanol–water partition coefficient (Wildman–Crippen LogP) is 2.36. The number of hydrogen-bond acceptors (Lipinski definition) is 4. The van der Waals surface area contributed by atoms with Crippen LogP contribution in [0, 0.1) is 0 Å². The summed E-state index contributed by atoms with van der Waals surface area (Å²) in [5, 5.41) is 3.63. The van der Waals surface area contributed by atoms with E-state index in [1.807, 2.05) is 30.9 Å². The van der Waals surface area contributed by atoms with Gasteiger partial charge in [-0.25, -0.2) is 13.1 Å². The molecule has 118 valence electrons. The summed E-state index contributed by atoms with van der Waals surface area (Å²) in [5.74, 6) is 0. The van der Waals surface area contributed by atoms with Gasteiger partial charge in [0.25, 0.3) is 0 Å². The van der Waals surface area contributed by atoms with Gasteiger partial charge in [0.1, 0.15) is 0 Å². The molecule has 1 aliphatic rings. The molecule has 2 rings (SSSR count). The van der Waals surface area contributed by atoms with Gasteiger partial charge >= 0.3 is 0 Å². The molecular weight excluding hydrogens is 304 g/mol. The summed E-state index contributed by atoms with van der Waals surface area (Å²) in [6.45, 7) is 0.742. The van der Waals surface area contributed by atoms with Crippen molar-refractivity contribution in [2.45, 2.75) is 48.4 Å². The van der Waals surface area contributed by atoms with Crippen LogP contribution < -0.4 is 10.0 Å². The maximum absolute atomic E-state index is 12.4. The Morgan fingerprint density at radius 3 is 2.57 bits per heavy atom. The molecule has 1 saturated carbocycles. The van der Waals surface area contributed by atoms with Crippen molar-refractivity contribution >= 4 is 21.8 Å². The van der Waals surface area contributed by atoms with Gasteiger partial charge in [-0.05, 0) is 50.3 Å². The zero-order valence-corrected chi connectivity index (χ0v) is 14.3. The zero-order chi connectivity index (χ0) is 15.3. The summed E-state index contributed by atoms with van der Waals surface area (Å²) in [4.78, 5) is 0.355. The van der Waals surface area contributed by atoms with Crippen LogP contribution >= 0.6 is 11.8 Å². The quantitative estimate of drug-likeness (QED) is 0.842. The average Bonchev–Trinajstić information content (AvgIpc) is 2.48. The third kappa shape index (κ3) is 4.71. The fourth-order valence-electron chi connectivity index (χ4n) is 2.74. The first-order chi connectivity index (χ1) is 10.0. The first-order valence-corrected chi connectivity index (χ1v) is 10.1. The van der Waals surface area contributed by atoms with Crippen molar-refractivity contribution < 1.29 is 8.42 Å². The lowest BCUT2D eigenvalue weighted by molar-refractivity contribution is 0.421. The second kappa shape index (κ2) is 7.63. The Kier molecular flexibility index (Phi) is 6.10. The monoisotopic (exact) mass is 328 g/mol. The number of thioether (sulfide) groups is 1. The number of hydrogen-bond donors (Lipinski definition) is 2. The van der Waals surface area contributed by atoms with E-state index < -0.39 is 10.0 Å². The second-order valence-electron chi connectivity index (χ2n) is 5.52. The summed E-state index contributed by atoms with van der Waals surface area (Å²) in [6.07, 6.45) is 6.26. The Hall–Kier alpha value is -0.560. The minimum absolute atomic E-state index is 0.0678. The summed E-state index contributed by atoms with van der Waals surface area (Å²) in [7, 11) is -1.53. The maximum Gasteiger partial charge on any atom is 0.240 e. The minimum atomic E-state index is -3.40. The lowest BCUT2D eigenvalue weighted by atomic mass is 9.96. The Labute approximate surface area is 132 Å². The fraction of sp³-hybridized carbons (Fsp3) is 0.600. The molecular formula is C15H24N2O2S2. The highest BCUT2D eigenvalue weighted by molar-refractivity contribution is 7.99. The van der Waals surface area contributed by atoms with Gasteiger partial charge < -0.3 is 5.32 Å². The minimum Gasteiger partial charge on any atom is -0.316 e. The molecule has 0 radical (unpaired) electrons. The Bertz CT molecular complexity index is 543. The predicted molar refractivity (Wildman–Crippen MR) is 89.1 cm³/mol. The van der Waals surface area contributed by atoms with Crippen LogP contribution in [0.4, 0.5) is 0 Å². The van der Waals surface area contributed by atoms with Gasteiger partial charge in [0.15, 0.2) is 0 Å². The average molecular weight is 329 g/mol. The van der Waals surface area contributed by atoms with Gasteiger partial charge in [0.05, 0.1) is 4.90 Å². The Balaban J connectivity index is 2.03. The molecule has 2 atom stereocenters. The van der Waals surface area contributed by atoms with E-state index in [-0.39, 0.29) is 6.04 Å². The lowest BCUT2D eigenvalue weighted by Crippen LogP contribution is -2.39. The molecule has 2 unspecified atom stereocenters. The van der Waals surface area contributed by atoms with E-state index in [1.165, 1.54) is 6.42 Å². The first-order valence-electron chi connectivity index (χ1n) is 7.34. The standard InChI is InChI=1S/C15H24N2O2S2/c1-16-11-12-6-8-15(9-7-12)21(18,19)17-13-4-3-5-14(10-13)20-2/h6-9,13-14,16-17H,3-5,10-11H2,1-2H3. The highest BCUT2D eigenvalue weighted by Gasteiger charge is 2.26. The summed E-state index contributed by atoms with van der Waals surface area (Å²) in [6, 6.07) is 7.15. The van der Waals surface area contributed by atoms with E-state index in [9.17, 15) is 8.42 Å². The van der Waals surface area contributed by atoms with E-state index in [2.05, 4.69) is 16.3 Å². The van der Waals surface area contributed by atoms with E-state index >= 15 is 0 Å². The molecule has 4 nitrogen and oxygen atoms in total. The van der Waals surface area contributed by atoms with Crippen molar-refractivity contribution in [1.29, 1.82) is 0 Å². The molecule has 0 aliphatic heterocycles. The van der Waals surface area contributed by atoms with Crippen molar-refractivity contribution in [1.82, 2.24) is 10.0 Å². The third-order valence-electron chi connectivity index (χ3n) is 3.90. The van der Waals surface area contributed by atoms with Crippen LogP contribution in [0.2, 0.25) is 0 Å². The maximum atomic E-state index is 12.4. The van der Waals surface area contributed by atoms with Crippen LogP contribution in [-0.2, 0) is 16.6 Å². The van der Waals surface area contributed by atoms with Gasteiger partial charge in [0, 0.05) is 17.8 Å². The van der Waals surface area contributed by atoms with Crippen molar-refractivity contribution in [2.75, 3.05) is 13.3 Å². The molecule has 0 heterocycles. The molecule has 1 aromatic rings. The van der Waals surface area contributed by atoms with Gasteiger partial charge in [0.2, 0.25) is 10.0 Å². The Morgan fingerprint density at radius 2 is 1.95 bits per heavy atom. The van der Waals surface area contributed by atoms with Crippen molar-refractivity contribution in [3.63, 3.8) is 0 Å². The van der Waals surface area contributed by atoms with E-state index in [0.717, 1.165) is 31.4 Å². The molecule has 1 aromatic carbocycles. The molecule has 1 aliphatic carbocycles. The molecule has 0 spiro atoms. The molecule has 0 saturated heterocycles. The third-order valence-corrected chi connectivity index (χ3v) is 6.53. The zero-order valence-electron chi connectivity index (χ0n) is 12.6. The summed E-state index contributed by atoms with van der Waals surface area (Å²) in [5.41, 5.74) is 1.08. The van der Waals surface area contributed by atoms with E-state index in [0.29, 0.717) is 10.1 Å². The van der Waals surface area contributed by atoms with E-state index in [1.54, 1.807) is 12.1 Å². The van der Waals surface area contributed by atoms with Crippen LogP contribution in [-0.4, -0.2) is 33.0 Å². The topological polar surface area (TPSA) is 58.2 Å². The van der Waals surface area contributed by atoms with Crippen molar-refractivity contribution in [3.05, 3.63) is 29.8 Å². The molecule has 1 fully saturated rings. The molecule has 2 N–H and O–H groups in total. The SMILES string of the molecule is CNCc1ccc(S(=O)(=O)NC2CCCC(SC)C2)cc1. The lowest BCUT2D eigenvalue weighted by Gasteiger charge is -2.28. The molecule has 0 amide bonds. The molecule has 21 heavy (non-hydrogen) atoms. The van der Waals surface area contributed by atoms with Gasteiger partial charge in [-0.3, -0.25) is 0 Å². The van der Waals surface area contributed by atoms with E-state index in [4.69, 9.17) is 0 Å². The van der Waals surface area contributed by atoms with Crippen molar-refractivity contribution in [2.24, 2.45) is 0 Å². The smallest absolute Gasteiger partial charge is 0.240 e. The van der Waals surface area contributed by atoms with Crippen LogP contribution in [0.25, 0.3) is 0 Å². The highest BCUT2D eigenvalue weighted by Crippen LogP contribution is 2.27. The molecule has 0 bridgehead atoms. The first kappa shape index (κ1) is 16.8. The van der Waals surface area contributed by atoms with Crippen LogP contribution in [0.15, 0.2) is 29.2 Å². The largest absolute Gasteiger partial charge is 0.316 e. The molecule has 6 heteroatoms. The summed E-state index contributed by atoms with van der Waals surface area (Å²) >= 11 is 1.84. The van der Waals surface area contributed by atoms with Gasteiger partial charge in [-0.2, -0.15) is 11.8 Å². The fourth-order valence-corrected chi connectivity index (χ4v) is 4.85. The molecule has 0 aromatic heterocycles. The number of benzene rings is 1. The van der Waals surface area contributed by atoms with Crippen LogP contribution in [0.5, 0.6) is 0 Å². The van der Waals surface area contributed by atoms with Gasteiger partial charge in [-0.15, -0.1) is 0 Å². The second-order valence-corrected chi connectivity index (χ2v) is 8.37. The summed E-state index contributed by atoms with van der Waals surface area (Å²) < 4.78 is 27.7. The number of nitrogens with one attached hydrogen (secondary N) is 2. The van der Waals surface area contributed by atoms with Crippen LogP contribution in [0.3, 0.4) is 0 Å².